The van der Waals surface area contributed by atoms with E-state index in [4.69, 9.17) is 4.74 Å². The van der Waals surface area contributed by atoms with Gasteiger partial charge in [-0.2, -0.15) is 0 Å². The molecule has 0 saturated heterocycles. The van der Waals surface area contributed by atoms with Gasteiger partial charge in [0.05, 0.1) is 12.2 Å². The van der Waals surface area contributed by atoms with Gasteiger partial charge in [-0.05, 0) is 23.3 Å². The lowest BCUT2D eigenvalue weighted by atomic mass is 10.1. The van der Waals surface area contributed by atoms with E-state index < -0.39 is 0 Å². The highest BCUT2D eigenvalue weighted by molar-refractivity contribution is 6.04. The summed E-state index contributed by atoms with van der Waals surface area (Å²) in [5.74, 6) is -0.220. The molecule has 0 aliphatic carbocycles. The average Bonchev–Trinajstić information content (AvgIpc) is 2.43. The van der Waals surface area contributed by atoms with Crippen LogP contribution < -0.4 is 0 Å². The molecule has 0 atom stereocenters. The molecule has 0 amide bonds. The van der Waals surface area contributed by atoms with Crippen LogP contribution in [0.15, 0.2) is 42.5 Å². The highest BCUT2D eigenvalue weighted by Gasteiger charge is 2.10. The highest BCUT2D eigenvalue weighted by atomic mass is 16.5. The third-order valence-corrected chi connectivity index (χ3v) is 2.99. The van der Waals surface area contributed by atoms with Gasteiger partial charge in [0.25, 0.3) is 0 Å². The Bertz CT molecular complexity index is 526. The van der Waals surface area contributed by atoms with E-state index in [0.717, 1.165) is 30.0 Å². The van der Waals surface area contributed by atoms with Gasteiger partial charge in [-0.25, -0.2) is 4.79 Å². The van der Waals surface area contributed by atoms with Crippen molar-refractivity contribution in [3.8, 4) is 0 Å². The van der Waals surface area contributed by atoms with Crippen LogP contribution in [0.25, 0.3) is 10.8 Å². The Kier molecular flexibility index (Phi) is 4.35. The second-order valence-electron chi connectivity index (χ2n) is 4.37. The van der Waals surface area contributed by atoms with Crippen molar-refractivity contribution in [3.05, 3.63) is 48.0 Å². The summed E-state index contributed by atoms with van der Waals surface area (Å²) in [5.41, 5.74) is 0.657. The second-order valence-corrected chi connectivity index (χ2v) is 4.37. The van der Waals surface area contributed by atoms with Crippen LogP contribution in [0.1, 0.15) is 36.5 Å². The monoisotopic (exact) mass is 242 g/mol. The molecule has 0 aromatic heterocycles. The standard InChI is InChI=1S/C16H18O2/c1-2-3-6-12-18-16(17)15-11-7-9-13-8-4-5-10-14(13)15/h4-5,7-11H,2-3,6,12H2,1H3. The van der Waals surface area contributed by atoms with E-state index >= 15 is 0 Å². The molecule has 0 bridgehead atoms. The largest absolute Gasteiger partial charge is 0.462 e. The first kappa shape index (κ1) is 12.6. The van der Waals surface area contributed by atoms with Crippen molar-refractivity contribution in [2.75, 3.05) is 6.61 Å². The molecular formula is C16H18O2. The number of carbonyl (C=O) groups is 1. The zero-order chi connectivity index (χ0) is 12.8. The molecule has 2 heteroatoms. The molecule has 0 saturated carbocycles. The minimum atomic E-state index is -0.220. The van der Waals surface area contributed by atoms with Gasteiger partial charge >= 0.3 is 5.97 Å². The van der Waals surface area contributed by atoms with E-state index in [1.807, 2.05) is 42.5 Å². The Morgan fingerprint density at radius 2 is 1.83 bits per heavy atom. The molecule has 94 valence electrons. The molecule has 0 aliphatic heterocycles. The zero-order valence-corrected chi connectivity index (χ0v) is 10.7. The van der Waals surface area contributed by atoms with E-state index in [2.05, 4.69) is 6.92 Å². The van der Waals surface area contributed by atoms with Crippen LogP contribution in [0, 0.1) is 0 Å². The summed E-state index contributed by atoms with van der Waals surface area (Å²) in [7, 11) is 0. The minimum absolute atomic E-state index is 0.220. The molecular weight excluding hydrogens is 224 g/mol. The maximum atomic E-state index is 12.0. The SMILES string of the molecule is CCCCCOC(=O)c1cccc2ccccc12. The number of rotatable bonds is 5. The number of unbranched alkanes of at least 4 members (excludes halogenated alkanes) is 2. The maximum absolute atomic E-state index is 12.0. The van der Waals surface area contributed by atoms with Crippen LogP contribution in [0.4, 0.5) is 0 Å². The predicted molar refractivity (Wildman–Crippen MR) is 73.8 cm³/mol. The lowest BCUT2D eigenvalue weighted by molar-refractivity contribution is 0.0500. The van der Waals surface area contributed by atoms with E-state index in [1.54, 1.807) is 0 Å². The van der Waals surface area contributed by atoms with E-state index in [-0.39, 0.29) is 5.97 Å². The van der Waals surface area contributed by atoms with Crippen LogP contribution >= 0.6 is 0 Å². The molecule has 0 aliphatic rings. The minimum Gasteiger partial charge on any atom is -0.462 e. The van der Waals surface area contributed by atoms with Crippen LogP contribution in [0.3, 0.4) is 0 Å². The summed E-state index contributed by atoms with van der Waals surface area (Å²) in [6.07, 6.45) is 3.17. The van der Waals surface area contributed by atoms with Gasteiger partial charge in [-0.3, -0.25) is 0 Å². The van der Waals surface area contributed by atoms with Crippen LogP contribution in [-0.2, 0) is 4.74 Å². The van der Waals surface area contributed by atoms with Crippen molar-refractivity contribution in [1.82, 2.24) is 0 Å². The molecule has 0 radical (unpaired) electrons. The molecule has 0 unspecified atom stereocenters. The van der Waals surface area contributed by atoms with Gasteiger partial charge < -0.3 is 4.74 Å². The van der Waals surface area contributed by atoms with Crippen molar-refractivity contribution in [2.24, 2.45) is 0 Å². The van der Waals surface area contributed by atoms with Crippen molar-refractivity contribution in [3.63, 3.8) is 0 Å². The summed E-state index contributed by atoms with van der Waals surface area (Å²) in [4.78, 5) is 12.0. The summed E-state index contributed by atoms with van der Waals surface area (Å²) in [6.45, 7) is 2.64. The van der Waals surface area contributed by atoms with Crippen LogP contribution in [-0.4, -0.2) is 12.6 Å². The number of fused-ring (bicyclic) bond motifs is 1. The van der Waals surface area contributed by atoms with Gasteiger partial charge in [0.15, 0.2) is 0 Å². The summed E-state index contributed by atoms with van der Waals surface area (Å²) in [6, 6.07) is 13.6. The number of esters is 1. The normalized spacial score (nSPS) is 10.5. The summed E-state index contributed by atoms with van der Waals surface area (Å²) < 4.78 is 5.30. The molecule has 0 N–H and O–H groups in total. The number of hydrogen-bond acceptors (Lipinski definition) is 2. The maximum Gasteiger partial charge on any atom is 0.338 e. The number of hydrogen-bond donors (Lipinski definition) is 0. The predicted octanol–water partition coefficient (Wildman–Crippen LogP) is 4.19. The van der Waals surface area contributed by atoms with E-state index in [9.17, 15) is 4.79 Å². The van der Waals surface area contributed by atoms with Crippen molar-refractivity contribution < 1.29 is 9.53 Å². The lowest BCUT2D eigenvalue weighted by Crippen LogP contribution is -2.06. The van der Waals surface area contributed by atoms with E-state index in [1.165, 1.54) is 0 Å². The first-order valence-electron chi connectivity index (χ1n) is 6.48. The number of benzene rings is 2. The Morgan fingerprint density at radius 3 is 2.67 bits per heavy atom. The first-order chi connectivity index (χ1) is 8.83. The third-order valence-electron chi connectivity index (χ3n) is 2.99. The molecule has 2 aromatic carbocycles. The molecule has 2 aromatic rings. The fourth-order valence-corrected chi connectivity index (χ4v) is 2.00. The van der Waals surface area contributed by atoms with Crippen LogP contribution in [0.2, 0.25) is 0 Å². The van der Waals surface area contributed by atoms with Crippen molar-refractivity contribution in [1.29, 1.82) is 0 Å². The summed E-state index contributed by atoms with van der Waals surface area (Å²) in [5, 5.41) is 2.03. The third kappa shape index (κ3) is 2.89. The van der Waals surface area contributed by atoms with Gasteiger partial charge in [0.1, 0.15) is 0 Å². The average molecular weight is 242 g/mol. The quantitative estimate of drug-likeness (QED) is 0.580. The molecule has 2 nitrogen and oxygen atoms in total. The Morgan fingerprint density at radius 1 is 1.06 bits per heavy atom. The second kappa shape index (κ2) is 6.20. The Labute approximate surface area is 108 Å². The number of carbonyl (C=O) groups excluding carboxylic acids is 1. The Hall–Kier alpha value is -1.83. The van der Waals surface area contributed by atoms with Gasteiger partial charge in [-0.1, -0.05) is 56.2 Å². The highest BCUT2D eigenvalue weighted by Crippen LogP contribution is 2.19. The lowest BCUT2D eigenvalue weighted by Gasteiger charge is -2.07. The van der Waals surface area contributed by atoms with Gasteiger partial charge in [0, 0.05) is 0 Å². The van der Waals surface area contributed by atoms with Crippen molar-refractivity contribution >= 4 is 16.7 Å². The first-order valence-corrected chi connectivity index (χ1v) is 6.48. The van der Waals surface area contributed by atoms with Crippen LogP contribution in [0.5, 0.6) is 0 Å². The van der Waals surface area contributed by atoms with Crippen molar-refractivity contribution in [2.45, 2.75) is 26.2 Å². The summed E-state index contributed by atoms with van der Waals surface area (Å²) >= 11 is 0. The zero-order valence-electron chi connectivity index (χ0n) is 10.7. The number of ether oxygens (including phenoxy) is 1. The smallest absolute Gasteiger partial charge is 0.338 e. The fraction of sp³-hybridized carbons (Fsp3) is 0.312. The fourth-order valence-electron chi connectivity index (χ4n) is 2.00. The molecule has 2 rings (SSSR count). The topological polar surface area (TPSA) is 26.3 Å². The molecule has 0 spiro atoms. The molecule has 18 heavy (non-hydrogen) atoms. The molecule has 0 heterocycles. The van der Waals surface area contributed by atoms with E-state index in [0.29, 0.717) is 12.2 Å². The van der Waals surface area contributed by atoms with Gasteiger partial charge in [-0.15, -0.1) is 0 Å². The Balaban J connectivity index is 2.13. The molecule has 0 fully saturated rings. The van der Waals surface area contributed by atoms with Gasteiger partial charge in [0.2, 0.25) is 0 Å².